The lowest BCUT2D eigenvalue weighted by Gasteiger charge is -2.13. The maximum Gasteiger partial charge on any atom is 0.232 e. The molecule has 2 N–H and O–H groups in total. The van der Waals surface area contributed by atoms with E-state index < -0.39 is 0 Å². The average molecular weight is 229 g/mol. The monoisotopic (exact) mass is 229 g/mol. The van der Waals surface area contributed by atoms with Gasteiger partial charge in [-0.2, -0.15) is 0 Å². The largest absolute Gasteiger partial charge is 0.480 e. The molecule has 3 rings (SSSR count). The average Bonchev–Trinajstić information content (AvgIpc) is 3.18. The first-order valence-electron chi connectivity index (χ1n) is 5.79. The van der Waals surface area contributed by atoms with Crippen molar-refractivity contribution in [2.45, 2.75) is 18.3 Å². The fraction of sp³-hybridized carbons (Fsp3) is 0.385. The zero-order valence-electron chi connectivity index (χ0n) is 9.81. The Morgan fingerprint density at radius 3 is 2.82 bits per heavy atom. The minimum absolute atomic E-state index is 0.204. The first-order valence-corrected chi connectivity index (χ1v) is 5.79. The van der Waals surface area contributed by atoms with Gasteiger partial charge in [0.2, 0.25) is 5.88 Å². The van der Waals surface area contributed by atoms with E-state index in [-0.39, 0.29) is 5.41 Å². The molecule has 88 valence electrons. The van der Waals surface area contributed by atoms with Crippen LogP contribution < -0.4 is 10.5 Å². The quantitative estimate of drug-likeness (QED) is 0.869. The lowest BCUT2D eigenvalue weighted by atomic mass is 9.96. The van der Waals surface area contributed by atoms with Gasteiger partial charge < -0.3 is 10.5 Å². The molecule has 0 bridgehead atoms. The van der Waals surface area contributed by atoms with Crippen molar-refractivity contribution in [3.8, 4) is 5.88 Å². The van der Waals surface area contributed by atoms with Crippen LogP contribution in [0.1, 0.15) is 18.4 Å². The van der Waals surface area contributed by atoms with Crippen LogP contribution in [0.3, 0.4) is 0 Å². The van der Waals surface area contributed by atoms with Gasteiger partial charge in [0.05, 0.1) is 24.3 Å². The van der Waals surface area contributed by atoms with Crippen molar-refractivity contribution >= 4 is 11.0 Å². The first-order chi connectivity index (χ1) is 8.27. The molecular weight excluding hydrogens is 214 g/mol. The summed E-state index contributed by atoms with van der Waals surface area (Å²) < 4.78 is 5.06. The van der Waals surface area contributed by atoms with Gasteiger partial charge in [-0.15, -0.1) is 0 Å². The summed E-state index contributed by atoms with van der Waals surface area (Å²) in [5.41, 5.74) is 9.09. The fourth-order valence-electron chi connectivity index (χ4n) is 2.18. The Hall–Kier alpha value is -1.68. The van der Waals surface area contributed by atoms with Gasteiger partial charge in [0, 0.05) is 12.0 Å². The molecular formula is C13H15N3O. The molecule has 1 heterocycles. The molecule has 4 heteroatoms. The Bertz CT molecular complexity index is 564. The smallest absolute Gasteiger partial charge is 0.232 e. The number of hydrogen-bond donors (Lipinski definition) is 1. The Balaban J connectivity index is 2.08. The number of hydrogen-bond acceptors (Lipinski definition) is 4. The Morgan fingerprint density at radius 1 is 1.35 bits per heavy atom. The van der Waals surface area contributed by atoms with Crippen molar-refractivity contribution in [2.24, 2.45) is 5.73 Å². The molecule has 0 amide bonds. The summed E-state index contributed by atoms with van der Waals surface area (Å²) >= 11 is 0. The lowest BCUT2D eigenvalue weighted by molar-refractivity contribution is 0.397. The molecule has 1 aromatic carbocycles. The van der Waals surface area contributed by atoms with Gasteiger partial charge in [-0.25, -0.2) is 9.97 Å². The molecule has 1 fully saturated rings. The van der Waals surface area contributed by atoms with Crippen molar-refractivity contribution in [3.05, 3.63) is 30.0 Å². The van der Waals surface area contributed by atoms with Crippen LogP contribution in [-0.2, 0) is 5.41 Å². The van der Waals surface area contributed by atoms with Gasteiger partial charge in [-0.1, -0.05) is 6.07 Å². The molecule has 2 aromatic rings. The van der Waals surface area contributed by atoms with E-state index in [1.807, 2.05) is 6.07 Å². The van der Waals surface area contributed by atoms with Crippen molar-refractivity contribution in [1.29, 1.82) is 0 Å². The molecule has 0 spiro atoms. The standard InChI is InChI=1S/C13H15N3O/c1-17-12-7-15-11-6-9(2-3-10(11)16-12)13(8-14)4-5-13/h2-3,6-7H,4-5,8,14H2,1H3. The van der Waals surface area contributed by atoms with Crippen LogP contribution in [0.2, 0.25) is 0 Å². The van der Waals surface area contributed by atoms with Crippen LogP contribution in [0, 0.1) is 0 Å². The van der Waals surface area contributed by atoms with E-state index in [1.54, 1.807) is 13.3 Å². The molecule has 0 atom stereocenters. The predicted octanol–water partition coefficient (Wildman–Crippen LogP) is 1.63. The number of fused-ring (bicyclic) bond motifs is 1. The second-order valence-electron chi connectivity index (χ2n) is 4.60. The molecule has 0 aliphatic heterocycles. The number of methoxy groups -OCH3 is 1. The summed E-state index contributed by atoms with van der Waals surface area (Å²) in [6, 6.07) is 6.20. The van der Waals surface area contributed by atoms with Crippen molar-refractivity contribution in [1.82, 2.24) is 9.97 Å². The molecule has 0 unspecified atom stereocenters. The van der Waals surface area contributed by atoms with E-state index in [0.29, 0.717) is 12.4 Å². The van der Waals surface area contributed by atoms with Gasteiger partial charge in [0.25, 0.3) is 0 Å². The highest BCUT2D eigenvalue weighted by atomic mass is 16.5. The van der Waals surface area contributed by atoms with E-state index in [1.165, 1.54) is 18.4 Å². The van der Waals surface area contributed by atoms with E-state index in [2.05, 4.69) is 22.1 Å². The molecule has 4 nitrogen and oxygen atoms in total. The Morgan fingerprint density at radius 2 is 2.18 bits per heavy atom. The van der Waals surface area contributed by atoms with Crippen molar-refractivity contribution in [2.75, 3.05) is 13.7 Å². The summed E-state index contributed by atoms with van der Waals surface area (Å²) in [4.78, 5) is 8.71. The number of nitrogens with zero attached hydrogens (tertiary/aromatic N) is 2. The zero-order chi connectivity index (χ0) is 11.9. The SMILES string of the molecule is COc1cnc2cc(C3(CN)CC3)ccc2n1. The number of rotatable bonds is 3. The lowest BCUT2D eigenvalue weighted by Crippen LogP contribution is -2.19. The number of benzene rings is 1. The maximum atomic E-state index is 5.83. The first kappa shape index (κ1) is 10.5. The van der Waals surface area contributed by atoms with Crippen LogP contribution in [0.15, 0.2) is 24.4 Å². The van der Waals surface area contributed by atoms with Gasteiger partial charge in [0.1, 0.15) is 0 Å². The highest BCUT2D eigenvalue weighted by Gasteiger charge is 2.42. The van der Waals surface area contributed by atoms with E-state index in [4.69, 9.17) is 10.5 Å². The van der Waals surface area contributed by atoms with Crippen molar-refractivity contribution in [3.63, 3.8) is 0 Å². The van der Waals surface area contributed by atoms with E-state index in [9.17, 15) is 0 Å². The summed E-state index contributed by atoms with van der Waals surface area (Å²) in [5, 5.41) is 0. The molecule has 1 aliphatic rings. The third kappa shape index (κ3) is 1.65. The molecule has 1 aliphatic carbocycles. The van der Waals surface area contributed by atoms with Gasteiger partial charge >= 0.3 is 0 Å². The molecule has 0 radical (unpaired) electrons. The zero-order valence-corrected chi connectivity index (χ0v) is 9.81. The molecule has 1 aromatic heterocycles. The number of ether oxygens (including phenoxy) is 1. The third-order valence-electron chi connectivity index (χ3n) is 3.59. The Kier molecular flexibility index (Phi) is 2.26. The predicted molar refractivity (Wildman–Crippen MR) is 66.1 cm³/mol. The highest BCUT2D eigenvalue weighted by Crippen LogP contribution is 2.47. The molecule has 0 saturated heterocycles. The topological polar surface area (TPSA) is 61.0 Å². The van der Waals surface area contributed by atoms with Crippen LogP contribution in [0.25, 0.3) is 11.0 Å². The Labute approximate surface area is 99.8 Å². The van der Waals surface area contributed by atoms with E-state index in [0.717, 1.165) is 11.0 Å². The minimum Gasteiger partial charge on any atom is -0.480 e. The summed E-state index contributed by atoms with van der Waals surface area (Å²) in [7, 11) is 1.60. The second kappa shape index (κ2) is 3.67. The highest BCUT2D eigenvalue weighted by molar-refractivity contribution is 5.75. The normalized spacial score (nSPS) is 17.1. The molecule has 1 saturated carbocycles. The minimum atomic E-state index is 0.204. The van der Waals surface area contributed by atoms with Gasteiger partial charge in [-0.3, -0.25) is 0 Å². The van der Waals surface area contributed by atoms with Gasteiger partial charge in [0.15, 0.2) is 0 Å². The van der Waals surface area contributed by atoms with Crippen molar-refractivity contribution < 1.29 is 4.74 Å². The van der Waals surface area contributed by atoms with Crippen LogP contribution >= 0.6 is 0 Å². The molecule has 17 heavy (non-hydrogen) atoms. The number of nitrogens with two attached hydrogens (primary N) is 1. The number of aromatic nitrogens is 2. The second-order valence-corrected chi connectivity index (χ2v) is 4.60. The van der Waals surface area contributed by atoms with E-state index >= 15 is 0 Å². The van der Waals surface area contributed by atoms with Crippen LogP contribution in [0.4, 0.5) is 0 Å². The summed E-state index contributed by atoms with van der Waals surface area (Å²) in [6.45, 7) is 0.710. The summed E-state index contributed by atoms with van der Waals surface area (Å²) in [5.74, 6) is 0.546. The van der Waals surface area contributed by atoms with Gasteiger partial charge in [-0.05, 0) is 30.5 Å². The summed E-state index contributed by atoms with van der Waals surface area (Å²) in [6.07, 6.45) is 4.01. The fourth-order valence-corrected chi connectivity index (χ4v) is 2.18. The van der Waals surface area contributed by atoms with Crippen LogP contribution in [0.5, 0.6) is 5.88 Å². The third-order valence-corrected chi connectivity index (χ3v) is 3.59. The van der Waals surface area contributed by atoms with Crippen LogP contribution in [-0.4, -0.2) is 23.6 Å². The maximum absolute atomic E-state index is 5.83.